The van der Waals surface area contributed by atoms with Gasteiger partial charge in [0.25, 0.3) is 11.8 Å². The normalized spacial score (nSPS) is 10.7. The van der Waals surface area contributed by atoms with E-state index in [-0.39, 0.29) is 24.2 Å². The zero-order valence-corrected chi connectivity index (χ0v) is 18.3. The van der Waals surface area contributed by atoms with Crippen LogP contribution in [0.25, 0.3) is 11.0 Å². The zero-order valence-electron chi connectivity index (χ0n) is 18.3. The number of benzene rings is 3. The lowest BCUT2D eigenvalue weighted by Gasteiger charge is -2.09. The molecule has 4 rings (SSSR count). The third kappa shape index (κ3) is 5.33. The van der Waals surface area contributed by atoms with Crippen molar-refractivity contribution < 1.29 is 18.7 Å². The van der Waals surface area contributed by atoms with Gasteiger partial charge in [-0.05, 0) is 60.5 Å². The van der Waals surface area contributed by atoms with Gasteiger partial charge < -0.3 is 25.5 Å². The smallest absolute Gasteiger partial charge is 0.287 e. The lowest BCUT2D eigenvalue weighted by molar-refractivity contribution is 0.0920. The number of anilines is 2. The molecule has 0 fully saturated rings. The molecule has 0 atom stereocenters. The van der Waals surface area contributed by atoms with Crippen LogP contribution in [0.1, 0.15) is 33.4 Å². The van der Waals surface area contributed by atoms with Gasteiger partial charge in [0.2, 0.25) is 0 Å². The van der Waals surface area contributed by atoms with E-state index in [0.29, 0.717) is 34.8 Å². The summed E-state index contributed by atoms with van der Waals surface area (Å²) in [4.78, 5) is 24.7. The Labute approximate surface area is 191 Å². The van der Waals surface area contributed by atoms with Crippen molar-refractivity contribution in [3.05, 3.63) is 89.7 Å². The Balaban J connectivity index is 1.25. The Bertz CT molecular complexity index is 1280. The standard InChI is InChI=1S/C26H25N3O4/c1-2-17-7-8-19-16-24(33-23(19)15-17)26(31)28-13-14-32-20-11-9-18(10-12-20)25(30)29-22-6-4-3-5-21(22)27/h3-12,15-16H,2,13-14,27H2,1H3,(H,28,31)(H,29,30). The third-order valence-electron chi connectivity index (χ3n) is 5.20. The van der Waals surface area contributed by atoms with Gasteiger partial charge in [-0.25, -0.2) is 0 Å². The van der Waals surface area contributed by atoms with E-state index < -0.39 is 0 Å². The molecule has 0 spiro atoms. The highest BCUT2D eigenvalue weighted by atomic mass is 16.5. The molecule has 33 heavy (non-hydrogen) atoms. The van der Waals surface area contributed by atoms with Crippen molar-refractivity contribution in [2.24, 2.45) is 0 Å². The molecular formula is C26H25N3O4. The van der Waals surface area contributed by atoms with Gasteiger partial charge in [-0.1, -0.05) is 31.2 Å². The van der Waals surface area contributed by atoms with Crippen molar-refractivity contribution in [3.63, 3.8) is 0 Å². The molecule has 1 heterocycles. The number of para-hydroxylation sites is 2. The van der Waals surface area contributed by atoms with Gasteiger partial charge in [-0.15, -0.1) is 0 Å². The van der Waals surface area contributed by atoms with Crippen LogP contribution in [0.15, 0.2) is 77.2 Å². The fraction of sp³-hybridized carbons (Fsp3) is 0.154. The number of nitrogens with one attached hydrogen (secondary N) is 2. The molecule has 0 aliphatic heterocycles. The molecular weight excluding hydrogens is 418 g/mol. The number of fused-ring (bicyclic) bond motifs is 1. The van der Waals surface area contributed by atoms with Crippen molar-refractivity contribution in [2.75, 3.05) is 24.2 Å². The minimum atomic E-state index is -0.292. The topological polar surface area (TPSA) is 107 Å². The molecule has 0 unspecified atom stereocenters. The molecule has 0 aliphatic rings. The number of amides is 2. The number of carbonyl (C=O) groups is 2. The molecule has 0 radical (unpaired) electrons. The maximum Gasteiger partial charge on any atom is 0.287 e. The van der Waals surface area contributed by atoms with Gasteiger partial charge in [0.1, 0.15) is 17.9 Å². The lowest BCUT2D eigenvalue weighted by atomic mass is 10.1. The average molecular weight is 444 g/mol. The molecule has 1 aromatic heterocycles. The summed E-state index contributed by atoms with van der Waals surface area (Å²) in [5, 5.41) is 6.46. The summed E-state index contributed by atoms with van der Waals surface area (Å²) in [5.74, 6) is 0.312. The van der Waals surface area contributed by atoms with Crippen LogP contribution in [-0.4, -0.2) is 25.0 Å². The van der Waals surface area contributed by atoms with Crippen molar-refractivity contribution >= 4 is 34.2 Å². The number of hydrogen-bond acceptors (Lipinski definition) is 5. The largest absolute Gasteiger partial charge is 0.492 e. The van der Waals surface area contributed by atoms with Crippen LogP contribution in [0.5, 0.6) is 5.75 Å². The summed E-state index contributed by atoms with van der Waals surface area (Å²) >= 11 is 0. The van der Waals surface area contributed by atoms with E-state index in [0.717, 1.165) is 17.4 Å². The maximum atomic E-state index is 12.4. The van der Waals surface area contributed by atoms with Crippen molar-refractivity contribution in [1.29, 1.82) is 0 Å². The molecule has 7 nitrogen and oxygen atoms in total. The molecule has 168 valence electrons. The van der Waals surface area contributed by atoms with Crippen molar-refractivity contribution in [3.8, 4) is 5.75 Å². The zero-order chi connectivity index (χ0) is 23.2. The molecule has 0 aliphatic carbocycles. The van der Waals surface area contributed by atoms with Crippen LogP contribution in [0.2, 0.25) is 0 Å². The SMILES string of the molecule is CCc1ccc2cc(C(=O)NCCOc3ccc(C(=O)Nc4ccccc4N)cc3)oc2c1. The van der Waals surface area contributed by atoms with E-state index >= 15 is 0 Å². The number of ether oxygens (including phenoxy) is 1. The van der Waals surface area contributed by atoms with Gasteiger partial charge >= 0.3 is 0 Å². The summed E-state index contributed by atoms with van der Waals surface area (Å²) in [5.41, 5.74) is 9.27. The number of carbonyl (C=O) groups excluding carboxylic acids is 2. The van der Waals surface area contributed by atoms with Crippen LogP contribution in [0.3, 0.4) is 0 Å². The number of rotatable bonds is 8. The minimum Gasteiger partial charge on any atom is -0.492 e. The number of hydrogen-bond donors (Lipinski definition) is 3. The number of aryl methyl sites for hydroxylation is 1. The Morgan fingerprint density at radius 3 is 2.52 bits per heavy atom. The minimum absolute atomic E-state index is 0.261. The third-order valence-corrected chi connectivity index (χ3v) is 5.20. The van der Waals surface area contributed by atoms with Crippen LogP contribution >= 0.6 is 0 Å². The molecule has 0 saturated carbocycles. The summed E-state index contributed by atoms with van der Waals surface area (Å²) in [7, 11) is 0. The first-order chi connectivity index (χ1) is 16.0. The molecule has 3 aromatic carbocycles. The second kappa shape index (κ2) is 9.91. The van der Waals surface area contributed by atoms with E-state index in [1.807, 2.05) is 18.2 Å². The first-order valence-corrected chi connectivity index (χ1v) is 10.7. The highest BCUT2D eigenvalue weighted by Gasteiger charge is 2.12. The second-order valence-electron chi connectivity index (χ2n) is 7.51. The fourth-order valence-electron chi connectivity index (χ4n) is 3.34. The Morgan fingerprint density at radius 1 is 0.970 bits per heavy atom. The van der Waals surface area contributed by atoms with Crippen molar-refractivity contribution in [2.45, 2.75) is 13.3 Å². The molecule has 4 N–H and O–H groups in total. The highest BCUT2D eigenvalue weighted by Crippen LogP contribution is 2.21. The predicted molar refractivity (Wildman–Crippen MR) is 129 cm³/mol. The predicted octanol–water partition coefficient (Wildman–Crippen LogP) is 4.64. The first kappa shape index (κ1) is 22.0. The lowest BCUT2D eigenvalue weighted by Crippen LogP contribution is -2.27. The van der Waals surface area contributed by atoms with E-state index in [1.54, 1.807) is 54.6 Å². The van der Waals surface area contributed by atoms with Crippen molar-refractivity contribution in [1.82, 2.24) is 5.32 Å². The van der Waals surface area contributed by atoms with Gasteiger partial charge in [0.05, 0.1) is 17.9 Å². The number of nitrogens with two attached hydrogens (primary N) is 1. The Hall–Kier alpha value is -4.26. The number of nitrogen functional groups attached to an aromatic ring is 1. The molecule has 0 saturated heterocycles. The average Bonchev–Trinajstić information content (AvgIpc) is 3.27. The van der Waals surface area contributed by atoms with Crippen LogP contribution in [0.4, 0.5) is 11.4 Å². The van der Waals surface area contributed by atoms with Crippen LogP contribution < -0.4 is 21.1 Å². The quantitative estimate of drug-likeness (QED) is 0.272. The van der Waals surface area contributed by atoms with Gasteiger partial charge in [0, 0.05) is 10.9 Å². The molecule has 4 aromatic rings. The monoisotopic (exact) mass is 443 g/mol. The number of furan rings is 1. The second-order valence-corrected chi connectivity index (χ2v) is 7.51. The van der Waals surface area contributed by atoms with E-state index in [1.165, 1.54) is 0 Å². The fourth-order valence-corrected chi connectivity index (χ4v) is 3.34. The Kier molecular flexibility index (Phi) is 6.59. The Morgan fingerprint density at radius 2 is 1.76 bits per heavy atom. The molecule has 7 heteroatoms. The van der Waals surface area contributed by atoms with E-state index in [9.17, 15) is 9.59 Å². The highest BCUT2D eigenvalue weighted by molar-refractivity contribution is 6.05. The van der Waals surface area contributed by atoms with Gasteiger partial charge in [-0.2, -0.15) is 0 Å². The maximum absolute atomic E-state index is 12.4. The summed E-state index contributed by atoms with van der Waals surface area (Å²) < 4.78 is 11.3. The van der Waals surface area contributed by atoms with E-state index in [4.69, 9.17) is 14.9 Å². The van der Waals surface area contributed by atoms with E-state index in [2.05, 4.69) is 17.6 Å². The molecule has 2 amide bonds. The first-order valence-electron chi connectivity index (χ1n) is 10.7. The summed E-state index contributed by atoms with van der Waals surface area (Å²) in [6, 6.07) is 21.5. The summed E-state index contributed by atoms with van der Waals surface area (Å²) in [6.07, 6.45) is 0.906. The van der Waals surface area contributed by atoms with Gasteiger partial charge in [-0.3, -0.25) is 9.59 Å². The molecule has 0 bridgehead atoms. The van der Waals surface area contributed by atoms with Crippen LogP contribution in [-0.2, 0) is 6.42 Å². The van der Waals surface area contributed by atoms with Gasteiger partial charge in [0.15, 0.2) is 5.76 Å². The van der Waals surface area contributed by atoms with Crippen LogP contribution in [0, 0.1) is 0 Å². The summed E-state index contributed by atoms with van der Waals surface area (Å²) in [6.45, 7) is 2.66.